The first-order valence-corrected chi connectivity index (χ1v) is 7.89. The van der Waals surface area contributed by atoms with Gasteiger partial charge in [-0.2, -0.15) is 0 Å². The third-order valence-electron chi connectivity index (χ3n) is 2.24. The van der Waals surface area contributed by atoms with E-state index in [1.165, 1.54) is 7.05 Å². The maximum absolute atomic E-state index is 12.2. The zero-order valence-corrected chi connectivity index (χ0v) is 13.0. The molecule has 1 aromatic rings. The zero-order chi connectivity index (χ0) is 15.2. The van der Waals surface area contributed by atoms with Crippen LogP contribution >= 0.6 is 7.75 Å². The summed E-state index contributed by atoms with van der Waals surface area (Å²) in [6.07, 6.45) is -0.251. The van der Waals surface area contributed by atoms with Crippen LogP contribution in [0.15, 0.2) is 24.3 Å². The molecule has 0 aromatic heterocycles. The summed E-state index contributed by atoms with van der Waals surface area (Å²) in [5.74, 6) is -0.376. The molecule has 0 aliphatic heterocycles. The van der Waals surface area contributed by atoms with Crippen molar-refractivity contribution in [2.75, 3.05) is 13.7 Å². The van der Waals surface area contributed by atoms with Gasteiger partial charge in [-0.3, -0.25) is 4.52 Å². The number of ether oxygens (including phenoxy) is 1. The first-order chi connectivity index (χ1) is 9.41. The highest BCUT2D eigenvalue weighted by Gasteiger charge is 2.26. The standard InChI is InChI=1S/C13H20NO5P/c1-5-17-20(16,14-4)19-12-9-7-6-8-11(12)13(15)18-10(2)3/h6-10H,5H2,1-4H3,(H,14,16). The molecule has 20 heavy (non-hydrogen) atoms. The largest absolute Gasteiger partial charge is 0.459 e. The number of nitrogens with one attached hydrogen (secondary N) is 1. The number of rotatable bonds is 7. The lowest BCUT2D eigenvalue weighted by Crippen LogP contribution is -2.15. The zero-order valence-electron chi connectivity index (χ0n) is 12.1. The van der Waals surface area contributed by atoms with Crippen LogP contribution in [0.1, 0.15) is 31.1 Å². The lowest BCUT2D eigenvalue weighted by molar-refractivity contribution is 0.0376. The average molecular weight is 301 g/mol. The lowest BCUT2D eigenvalue weighted by atomic mass is 10.2. The van der Waals surface area contributed by atoms with E-state index >= 15 is 0 Å². The molecule has 1 N–H and O–H groups in total. The Morgan fingerprint density at radius 2 is 2.00 bits per heavy atom. The molecule has 1 atom stereocenters. The van der Waals surface area contributed by atoms with Crippen LogP contribution in [0.3, 0.4) is 0 Å². The van der Waals surface area contributed by atoms with Gasteiger partial charge < -0.3 is 9.26 Å². The molecular weight excluding hydrogens is 281 g/mol. The molecule has 0 fully saturated rings. The molecule has 1 unspecified atom stereocenters. The molecule has 1 rings (SSSR count). The Hall–Kier alpha value is -1.36. The van der Waals surface area contributed by atoms with Crippen molar-refractivity contribution in [3.8, 4) is 5.75 Å². The quantitative estimate of drug-likeness (QED) is 0.616. The fourth-order valence-electron chi connectivity index (χ4n) is 1.43. The Morgan fingerprint density at radius 1 is 1.35 bits per heavy atom. The molecule has 0 saturated carbocycles. The van der Waals surface area contributed by atoms with Crippen molar-refractivity contribution in [2.24, 2.45) is 0 Å². The first-order valence-electron chi connectivity index (χ1n) is 6.35. The van der Waals surface area contributed by atoms with Gasteiger partial charge >= 0.3 is 13.7 Å². The molecule has 0 spiro atoms. The predicted octanol–water partition coefficient (Wildman–Crippen LogP) is 2.99. The molecule has 0 aliphatic carbocycles. The molecule has 0 saturated heterocycles. The fourth-order valence-corrected chi connectivity index (χ4v) is 2.46. The summed E-state index contributed by atoms with van der Waals surface area (Å²) in [5, 5.41) is 2.49. The second-order valence-electron chi connectivity index (χ2n) is 4.18. The number of benzene rings is 1. The van der Waals surface area contributed by atoms with Crippen molar-refractivity contribution in [3.05, 3.63) is 29.8 Å². The van der Waals surface area contributed by atoms with Crippen LogP contribution in [0, 0.1) is 0 Å². The minimum Gasteiger partial charge on any atom is -0.459 e. The molecular formula is C13H20NO5P. The SMILES string of the molecule is CCOP(=O)(NC)Oc1ccccc1C(=O)OC(C)C. The molecule has 7 heteroatoms. The summed E-state index contributed by atoms with van der Waals surface area (Å²) >= 11 is 0. The van der Waals surface area contributed by atoms with Crippen LogP contribution in [-0.4, -0.2) is 25.7 Å². The van der Waals surface area contributed by atoms with E-state index in [-0.39, 0.29) is 24.0 Å². The lowest BCUT2D eigenvalue weighted by Gasteiger charge is -2.19. The minimum atomic E-state index is -3.48. The second-order valence-corrected chi connectivity index (χ2v) is 6.06. The smallest absolute Gasteiger partial charge is 0.458 e. The van der Waals surface area contributed by atoms with Crippen molar-refractivity contribution < 1.29 is 23.1 Å². The van der Waals surface area contributed by atoms with Gasteiger partial charge in [-0.15, -0.1) is 0 Å². The Labute approximate surface area is 119 Å². The van der Waals surface area contributed by atoms with Gasteiger partial charge in [0.05, 0.1) is 12.7 Å². The van der Waals surface area contributed by atoms with Crippen molar-refractivity contribution in [3.63, 3.8) is 0 Å². The van der Waals surface area contributed by atoms with Crippen molar-refractivity contribution in [1.29, 1.82) is 0 Å². The van der Waals surface area contributed by atoms with E-state index in [9.17, 15) is 9.36 Å². The van der Waals surface area contributed by atoms with E-state index in [0.29, 0.717) is 0 Å². The van der Waals surface area contributed by atoms with Crippen LogP contribution in [0.2, 0.25) is 0 Å². The molecule has 112 valence electrons. The van der Waals surface area contributed by atoms with Gasteiger partial charge in [-0.1, -0.05) is 12.1 Å². The average Bonchev–Trinajstić information content (AvgIpc) is 2.38. The molecule has 0 amide bonds. The van der Waals surface area contributed by atoms with Crippen molar-refractivity contribution >= 4 is 13.7 Å². The number of carbonyl (C=O) groups excluding carboxylic acids is 1. The highest BCUT2D eigenvalue weighted by atomic mass is 31.2. The maximum atomic E-state index is 12.2. The van der Waals surface area contributed by atoms with Crippen LogP contribution in [0.5, 0.6) is 5.75 Å². The number of carbonyl (C=O) groups is 1. The summed E-state index contributed by atoms with van der Waals surface area (Å²) < 4.78 is 27.8. The van der Waals surface area contributed by atoms with Gasteiger partial charge in [0, 0.05) is 0 Å². The van der Waals surface area contributed by atoms with Crippen LogP contribution < -0.4 is 9.61 Å². The fraction of sp³-hybridized carbons (Fsp3) is 0.462. The minimum absolute atomic E-state index is 0.157. The molecule has 0 bridgehead atoms. The Kier molecular flexibility index (Phi) is 6.20. The second kappa shape index (κ2) is 7.43. The van der Waals surface area contributed by atoms with Crippen LogP contribution in [0.4, 0.5) is 0 Å². The van der Waals surface area contributed by atoms with Gasteiger partial charge in [0.2, 0.25) is 0 Å². The van der Waals surface area contributed by atoms with E-state index in [0.717, 1.165) is 0 Å². The molecule has 0 radical (unpaired) electrons. The Bertz CT molecular complexity index is 503. The van der Waals surface area contributed by atoms with Crippen molar-refractivity contribution in [2.45, 2.75) is 26.9 Å². The Balaban J connectivity index is 3.01. The summed E-state index contributed by atoms with van der Waals surface area (Å²) in [4.78, 5) is 12.0. The number of para-hydroxylation sites is 1. The van der Waals surface area contributed by atoms with Crippen LogP contribution in [0.25, 0.3) is 0 Å². The van der Waals surface area contributed by atoms with E-state index in [4.69, 9.17) is 13.8 Å². The molecule has 0 heterocycles. The van der Waals surface area contributed by atoms with E-state index in [1.54, 1.807) is 45.0 Å². The maximum Gasteiger partial charge on any atom is 0.458 e. The summed E-state index contributed by atoms with van der Waals surface area (Å²) in [5.41, 5.74) is 0.205. The summed E-state index contributed by atoms with van der Waals surface area (Å²) in [7, 11) is -2.02. The summed E-state index contributed by atoms with van der Waals surface area (Å²) in [6.45, 7) is 5.42. The molecule has 1 aromatic carbocycles. The number of esters is 1. The van der Waals surface area contributed by atoms with Gasteiger partial charge in [0.15, 0.2) is 0 Å². The van der Waals surface area contributed by atoms with Crippen molar-refractivity contribution in [1.82, 2.24) is 5.09 Å². The van der Waals surface area contributed by atoms with Crippen LogP contribution in [-0.2, 0) is 13.8 Å². The van der Waals surface area contributed by atoms with Gasteiger partial charge in [0.1, 0.15) is 11.3 Å². The van der Waals surface area contributed by atoms with Gasteiger partial charge in [-0.25, -0.2) is 14.4 Å². The monoisotopic (exact) mass is 301 g/mol. The molecule has 0 aliphatic rings. The Morgan fingerprint density at radius 3 is 2.55 bits per heavy atom. The van der Waals surface area contributed by atoms with Gasteiger partial charge in [0.25, 0.3) is 0 Å². The van der Waals surface area contributed by atoms with Gasteiger partial charge in [-0.05, 0) is 40.0 Å². The predicted molar refractivity (Wildman–Crippen MR) is 75.9 cm³/mol. The number of hydrogen-bond donors (Lipinski definition) is 1. The third-order valence-corrected chi connectivity index (χ3v) is 3.82. The van der Waals surface area contributed by atoms with E-state index in [1.807, 2.05) is 0 Å². The third kappa shape index (κ3) is 4.63. The first kappa shape index (κ1) is 16.7. The highest BCUT2D eigenvalue weighted by molar-refractivity contribution is 7.52. The normalized spacial score (nSPS) is 13.8. The van der Waals surface area contributed by atoms with E-state index in [2.05, 4.69) is 5.09 Å². The van der Waals surface area contributed by atoms with E-state index < -0.39 is 13.7 Å². The summed E-state index contributed by atoms with van der Waals surface area (Å²) in [6, 6.07) is 6.44. The topological polar surface area (TPSA) is 73.9 Å². The molecule has 6 nitrogen and oxygen atoms in total. The number of hydrogen-bond acceptors (Lipinski definition) is 5. The highest BCUT2D eigenvalue weighted by Crippen LogP contribution is 2.44.